The molecule has 1 aromatic carbocycles. The van der Waals surface area contributed by atoms with Crippen LogP contribution in [0.1, 0.15) is 20.8 Å². The summed E-state index contributed by atoms with van der Waals surface area (Å²) in [6.45, 7) is 0. The van der Waals surface area contributed by atoms with Crippen LogP contribution in [0.2, 0.25) is 15.1 Å². The monoisotopic (exact) mass is 579 g/mol. The van der Waals surface area contributed by atoms with E-state index in [0.717, 1.165) is 0 Å². The number of carbonyl (C=O) groups excluding carboxylic acids is 2. The Morgan fingerprint density at radius 2 is 1.71 bits per heavy atom. The molecule has 0 aliphatic carbocycles. The Morgan fingerprint density at radius 3 is 2.44 bits per heavy atom. The topological polar surface area (TPSA) is 114 Å². The SMILES string of the molecule is O=C(NNc1ccccn1)c1cc(Cl)cc(Cl)c1NC(=O)c1cc(Br)nn1-c1ncccc1Cl. The molecular formula is C21H13BrCl3N7O2. The average Bonchev–Trinajstić information content (AvgIpc) is 3.21. The van der Waals surface area contributed by atoms with Gasteiger partial charge in [0.05, 0.1) is 21.3 Å². The Morgan fingerprint density at radius 1 is 0.912 bits per heavy atom. The van der Waals surface area contributed by atoms with Crippen LogP contribution in [0.3, 0.4) is 0 Å². The first kappa shape index (κ1) is 24.0. The van der Waals surface area contributed by atoms with Crippen LogP contribution in [0, 0.1) is 0 Å². The summed E-state index contributed by atoms with van der Waals surface area (Å²) in [5.74, 6) is -0.556. The van der Waals surface area contributed by atoms with Crippen molar-refractivity contribution in [1.82, 2.24) is 25.2 Å². The molecule has 0 fully saturated rings. The fourth-order valence-corrected chi connectivity index (χ4v) is 4.01. The molecule has 0 saturated heterocycles. The van der Waals surface area contributed by atoms with E-state index in [1.54, 1.807) is 36.5 Å². The summed E-state index contributed by atoms with van der Waals surface area (Å²) in [5.41, 5.74) is 5.35. The molecule has 172 valence electrons. The van der Waals surface area contributed by atoms with Crippen molar-refractivity contribution < 1.29 is 9.59 Å². The standard InChI is InChI=1S/C21H13BrCl3N7O2/c22-16-10-15(32(31-16)19-13(24)4-3-7-27-19)21(34)28-18-12(8-11(23)9-14(18)25)20(33)30-29-17-5-1-2-6-26-17/h1-10H,(H,26,29)(H,28,34)(H,30,33). The Labute approximate surface area is 216 Å². The van der Waals surface area contributed by atoms with Crippen LogP contribution in [0.15, 0.2) is 65.5 Å². The molecule has 0 bridgehead atoms. The molecular weight excluding hydrogens is 569 g/mol. The van der Waals surface area contributed by atoms with E-state index in [4.69, 9.17) is 34.8 Å². The Kier molecular flexibility index (Phi) is 7.32. The summed E-state index contributed by atoms with van der Waals surface area (Å²) in [6.07, 6.45) is 3.08. The number of amides is 2. The summed E-state index contributed by atoms with van der Waals surface area (Å²) >= 11 is 21.9. The minimum atomic E-state index is -0.615. The molecule has 34 heavy (non-hydrogen) atoms. The average molecular weight is 582 g/mol. The minimum absolute atomic E-state index is 0.0234. The number of pyridine rings is 2. The van der Waals surface area contributed by atoms with Crippen molar-refractivity contribution in [1.29, 1.82) is 0 Å². The van der Waals surface area contributed by atoms with Gasteiger partial charge in [-0.15, -0.1) is 0 Å². The zero-order valence-electron chi connectivity index (χ0n) is 16.9. The van der Waals surface area contributed by atoms with E-state index in [-0.39, 0.29) is 37.8 Å². The number of hydrogen-bond acceptors (Lipinski definition) is 6. The molecule has 0 radical (unpaired) electrons. The number of rotatable bonds is 6. The second-order valence-electron chi connectivity index (χ2n) is 6.63. The molecule has 0 aliphatic rings. The molecule has 3 heterocycles. The number of nitrogens with one attached hydrogen (secondary N) is 3. The van der Waals surface area contributed by atoms with Gasteiger partial charge < -0.3 is 5.32 Å². The minimum Gasteiger partial charge on any atom is -0.319 e. The molecule has 2 amide bonds. The van der Waals surface area contributed by atoms with Crippen molar-refractivity contribution in [3.8, 4) is 5.82 Å². The number of carbonyl (C=O) groups is 2. The molecule has 0 aliphatic heterocycles. The van der Waals surface area contributed by atoms with Crippen LogP contribution in [0.4, 0.5) is 11.5 Å². The predicted molar refractivity (Wildman–Crippen MR) is 134 cm³/mol. The molecule has 0 spiro atoms. The number of hydrogen-bond donors (Lipinski definition) is 3. The number of nitrogens with zero attached hydrogens (tertiary/aromatic N) is 4. The number of halogens is 4. The second kappa shape index (κ2) is 10.4. The van der Waals surface area contributed by atoms with Gasteiger partial charge >= 0.3 is 0 Å². The van der Waals surface area contributed by atoms with E-state index in [1.807, 2.05) is 0 Å². The molecule has 0 saturated carbocycles. The lowest BCUT2D eigenvalue weighted by atomic mass is 10.1. The molecule has 4 rings (SSSR count). The first-order valence-corrected chi connectivity index (χ1v) is 11.4. The largest absolute Gasteiger partial charge is 0.319 e. The smallest absolute Gasteiger partial charge is 0.274 e. The normalized spacial score (nSPS) is 10.6. The molecule has 3 N–H and O–H groups in total. The van der Waals surface area contributed by atoms with Gasteiger partial charge in [-0.25, -0.2) is 14.6 Å². The van der Waals surface area contributed by atoms with Crippen molar-refractivity contribution in [2.45, 2.75) is 0 Å². The Hall–Kier alpha value is -3.18. The van der Waals surface area contributed by atoms with Gasteiger partial charge in [0, 0.05) is 23.5 Å². The maximum Gasteiger partial charge on any atom is 0.274 e. The van der Waals surface area contributed by atoms with E-state index in [9.17, 15) is 9.59 Å². The molecule has 9 nitrogen and oxygen atoms in total. The van der Waals surface area contributed by atoms with Crippen LogP contribution >= 0.6 is 50.7 Å². The lowest BCUT2D eigenvalue weighted by Crippen LogP contribution is -2.31. The maximum absolute atomic E-state index is 13.2. The first-order chi connectivity index (χ1) is 16.3. The highest BCUT2D eigenvalue weighted by Crippen LogP contribution is 2.31. The van der Waals surface area contributed by atoms with E-state index >= 15 is 0 Å². The van der Waals surface area contributed by atoms with Crippen LogP contribution in [0.5, 0.6) is 0 Å². The predicted octanol–water partition coefficient (Wildman–Crippen LogP) is 5.39. The highest BCUT2D eigenvalue weighted by Gasteiger charge is 2.23. The van der Waals surface area contributed by atoms with Gasteiger partial charge in [0.2, 0.25) is 0 Å². The van der Waals surface area contributed by atoms with E-state index < -0.39 is 11.8 Å². The highest BCUT2D eigenvalue weighted by molar-refractivity contribution is 9.10. The van der Waals surface area contributed by atoms with E-state index in [2.05, 4.69) is 47.2 Å². The van der Waals surface area contributed by atoms with E-state index in [1.165, 1.54) is 29.1 Å². The lowest BCUT2D eigenvalue weighted by molar-refractivity contribution is 0.0963. The fraction of sp³-hybridized carbons (Fsp3) is 0. The van der Waals surface area contributed by atoms with Crippen molar-refractivity contribution in [2.24, 2.45) is 0 Å². The third-order valence-electron chi connectivity index (χ3n) is 4.36. The van der Waals surface area contributed by atoms with Gasteiger partial charge in [0.25, 0.3) is 11.8 Å². The number of benzene rings is 1. The van der Waals surface area contributed by atoms with Gasteiger partial charge in [-0.3, -0.25) is 20.4 Å². The second-order valence-corrected chi connectivity index (χ2v) is 8.69. The van der Waals surface area contributed by atoms with Crippen LogP contribution in [0.25, 0.3) is 5.82 Å². The Bertz CT molecular complexity index is 1380. The van der Waals surface area contributed by atoms with E-state index in [0.29, 0.717) is 10.4 Å². The fourth-order valence-electron chi connectivity index (χ4n) is 2.89. The highest BCUT2D eigenvalue weighted by atomic mass is 79.9. The van der Waals surface area contributed by atoms with Gasteiger partial charge in [0.15, 0.2) is 5.82 Å². The van der Waals surface area contributed by atoms with Gasteiger partial charge in [-0.1, -0.05) is 40.9 Å². The summed E-state index contributed by atoms with van der Waals surface area (Å²) in [5, 5.41) is 7.45. The van der Waals surface area contributed by atoms with Gasteiger partial charge in [-0.05, 0) is 52.3 Å². The zero-order chi connectivity index (χ0) is 24.2. The molecule has 4 aromatic rings. The van der Waals surface area contributed by atoms with Crippen molar-refractivity contribution >= 4 is 74.1 Å². The van der Waals surface area contributed by atoms with Crippen molar-refractivity contribution in [3.63, 3.8) is 0 Å². The summed E-state index contributed by atoms with van der Waals surface area (Å²) in [4.78, 5) is 34.3. The summed E-state index contributed by atoms with van der Waals surface area (Å²) in [7, 11) is 0. The third kappa shape index (κ3) is 5.31. The Balaban J connectivity index is 1.64. The zero-order valence-corrected chi connectivity index (χ0v) is 20.7. The maximum atomic E-state index is 13.2. The van der Waals surface area contributed by atoms with Gasteiger partial charge in [0.1, 0.15) is 16.1 Å². The van der Waals surface area contributed by atoms with Crippen molar-refractivity contribution in [2.75, 3.05) is 10.7 Å². The van der Waals surface area contributed by atoms with Crippen LogP contribution in [-0.4, -0.2) is 31.6 Å². The number of anilines is 2. The van der Waals surface area contributed by atoms with Crippen LogP contribution in [-0.2, 0) is 0 Å². The number of hydrazine groups is 1. The lowest BCUT2D eigenvalue weighted by Gasteiger charge is -2.15. The summed E-state index contributed by atoms with van der Waals surface area (Å²) in [6, 6.07) is 12.7. The van der Waals surface area contributed by atoms with Crippen molar-refractivity contribution in [3.05, 3.63) is 91.9 Å². The van der Waals surface area contributed by atoms with Crippen LogP contribution < -0.4 is 16.2 Å². The number of aromatic nitrogens is 4. The third-order valence-corrected chi connectivity index (χ3v) is 5.56. The van der Waals surface area contributed by atoms with Gasteiger partial charge in [-0.2, -0.15) is 5.10 Å². The molecule has 3 aromatic heterocycles. The quantitative estimate of drug-likeness (QED) is 0.263. The summed E-state index contributed by atoms with van der Waals surface area (Å²) < 4.78 is 1.65. The first-order valence-electron chi connectivity index (χ1n) is 9.47. The molecule has 13 heteroatoms. The molecule has 0 atom stereocenters. The molecule has 0 unspecified atom stereocenters.